The van der Waals surface area contributed by atoms with E-state index in [-0.39, 0.29) is 6.04 Å². The number of nitrogens with zero attached hydrogens (tertiary/aromatic N) is 1. The molecule has 0 bridgehead atoms. The molecule has 1 fully saturated rings. The Balaban J connectivity index is 2.12. The van der Waals surface area contributed by atoms with Crippen LogP contribution in [0, 0.1) is 11.3 Å². The van der Waals surface area contributed by atoms with Gasteiger partial charge in [0.05, 0.1) is 22.3 Å². The van der Waals surface area contributed by atoms with Crippen LogP contribution in [-0.2, 0) is 0 Å². The number of nitriles is 1. The van der Waals surface area contributed by atoms with Crippen molar-refractivity contribution in [3.8, 4) is 6.07 Å². The van der Waals surface area contributed by atoms with E-state index in [1.54, 1.807) is 18.2 Å². The van der Waals surface area contributed by atoms with E-state index in [2.05, 4.69) is 11.4 Å². The van der Waals surface area contributed by atoms with E-state index in [0.717, 1.165) is 24.9 Å². The van der Waals surface area contributed by atoms with Crippen molar-refractivity contribution in [2.24, 2.45) is 5.73 Å². The summed E-state index contributed by atoms with van der Waals surface area (Å²) in [6, 6.07) is 8.02. The minimum absolute atomic E-state index is 0.287. The minimum atomic E-state index is 0.287. The van der Waals surface area contributed by atoms with Crippen molar-refractivity contribution < 1.29 is 0 Å². The first-order chi connectivity index (χ1) is 7.69. The maximum atomic E-state index is 8.81. The Kier molecular flexibility index (Phi) is 3.33. The van der Waals surface area contributed by atoms with Gasteiger partial charge in [-0.2, -0.15) is 5.26 Å². The van der Waals surface area contributed by atoms with E-state index in [4.69, 9.17) is 22.6 Å². The Labute approximate surface area is 100 Å². The standard InChI is InChI=1S/C12H14ClN3/c13-11-4-1-8(7-14)5-12(11)16-10-3-2-9(15)6-10/h1,4-5,9-10,16H,2-3,6,15H2. The molecule has 2 rings (SSSR count). The van der Waals surface area contributed by atoms with Gasteiger partial charge < -0.3 is 11.1 Å². The lowest BCUT2D eigenvalue weighted by Crippen LogP contribution is -2.20. The maximum Gasteiger partial charge on any atom is 0.0992 e. The summed E-state index contributed by atoms with van der Waals surface area (Å²) >= 11 is 6.06. The second kappa shape index (κ2) is 4.73. The quantitative estimate of drug-likeness (QED) is 0.828. The van der Waals surface area contributed by atoms with Gasteiger partial charge in [-0.15, -0.1) is 0 Å². The Morgan fingerprint density at radius 1 is 1.44 bits per heavy atom. The van der Waals surface area contributed by atoms with E-state index < -0.39 is 0 Å². The fraction of sp³-hybridized carbons (Fsp3) is 0.417. The van der Waals surface area contributed by atoms with Crippen molar-refractivity contribution in [3.05, 3.63) is 28.8 Å². The van der Waals surface area contributed by atoms with Gasteiger partial charge in [-0.25, -0.2) is 0 Å². The number of hydrogen-bond acceptors (Lipinski definition) is 3. The first-order valence-electron chi connectivity index (χ1n) is 5.41. The molecule has 3 N–H and O–H groups in total. The van der Waals surface area contributed by atoms with Crippen LogP contribution in [0.15, 0.2) is 18.2 Å². The molecule has 1 aromatic rings. The second-order valence-electron chi connectivity index (χ2n) is 4.22. The van der Waals surface area contributed by atoms with Gasteiger partial charge >= 0.3 is 0 Å². The van der Waals surface area contributed by atoms with Gasteiger partial charge in [0, 0.05) is 12.1 Å². The molecule has 0 aromatic heterocycles. The number of nitrogens with two attached hydrogens (primary N) is 1. The van der Waals surface area contributed by atoms with Crippen LogP contribution in [0.4, 0.5) is 5.69 Å². The Morgan fingerprint density at radius 2 is 2.25 bits per heavy atom. The van der Waals surface area contributed by atoms with Gasteiger partial charge in [-0.1, -0.05) is 11.6 Å². The van der Waals surface area contributed by atoms with Crippen LogP contribution in [0.5, 0.6) is 0 Å². The molecule has 0 amide bonds. The van der Waals surface area contributed by atoms with Gasteiger partial charge in [0.15, 0.2) is 0 Å². The van der Waals surface area contributed by atoms with Crippen molar-refractivity contribution in [2.45, 2.75) is 31.3 Å². The largest absolute Gasteiger partial charge is 0.381 e. The minimum Gasteiger partial charge on any atom is -0.381 e. The fourth-order valence-electron chi connectivity index (χ4n) is 2.07. The summed E-state index contributed by atoms with van der Waals surface area (Å²) in [4.78, 5) is 0. The third-order valence-electron chi connectivity index (χ3n) is 2.93. The molecule has 16 heavy (non-hydrogen) atoms. The predicted octanol–water partition coefficient (Wildman–Crippen LogP) is 2.50. The molecule has 2 unspecified atom stereocenters. The highest BCUT2D eigenvalue weighted by molar-refractivity contribution is 6.33. The molecule has 0 saturated heterocycles. The van der Waals surface area contributed by atoms with E-state index in [1.165, 1.54) is 0 Å². The lowest BCUT2D eigenvalue weighted by molar-refractivity contribution is 0.688. The SMILES string of the molecule is N#Cc1ccc(Cl)c(NC2CCC(N)C2)c1. The third kappa shape index (κ3) is 2.46. The highest BCUT2D eigenvalue weighted by Gasteiger charge is 2.21. The van der Waals surface area contributed by atoms with Crippen LogP contribution in [0.3, 0.4) is 0 Å². The molecule has 0 spiro atoms. The summed E-state index contributed by atoms with van der Waals surface area (Å²) < 4.78 is 0. The summed E-state index contributed by atoms with van der Waals surface area (Å²) in [5.41, 5.74) is 7.30. The molecule has 1 saturated carbocycles. The van der Waals surface area contributed by atoms with E-state index in [0.29, 0.717) is 16.6 Å². The van der Waals surface area contributed by atoms with Gasteiger partial charge in [-0.3, -0.25) is 0 Å². The smallest absolute Gasteiger partial charge is 0.0992 e. The number of benzene rings is 1. The molecule has 1 aliphatic carbocycles. The molecule has 2 atom stereocenters. The predicted molar refractivity (Wildman–Crippen MR) is 65.4 cm³/mol. The zero-order valence-electron chi connectivity index (χ0n) is 8.91. The third-order valence-corrected chi connectivity index (χ3v) is 3.26. The monoisotopic (exact) mass is 235 g/mol. The molecule has 0 heterocycles. The second-order valence-corrected chi connectivity index (χ2v) is 4.63. The van der Waals surface area contributed by atoms with Crippen LogP contribution >= 0.6 is 11.6 Å². The van der Waals surface area contributed by atoms with Gasteiger partial charge in [-0.05, 0) is 37.5 Å². The fourth-order valence-corrected chi connectivity index (χ4v) is 2.24. The molecule has 1 aromatic carbocycles. The van der Waals surface area contributed by atoms with Crippen molar-refractivity contribution >= 4 is 17.3 Å². The van der Waals surface area contributed by atoms with Crippen LogP contribution < -0.4 is 11.1 Å². The average Bonchev–Trinajstić information content (AvgIpc) is 2.67. The lowest BCUT2D eigenvalue weighted by Gasteiger charge is -2.15. The van der Waals surface area contributed by atoms with Gasteiger partial charge in [0.2, 0.25) is 0 Å². The summed E-state index contributed by atoms with van der Waals surface area (Å²) in [5.74, 6) is 0. The first-order valence-corrected chi connectivity index (χ1v) is 5.78. The normalized spacial score (nSPS) is 24.1. The van der Waals surface area contributed by atoms with Crippen molar-refractivity contribution in [2.75, 3.05) is 5.32 Å². The van der Waals surface area contributed by atoms with Gasteiger partial charge in [0.25, 0.3) is 0 Å². The summed E-state index contributed by atoms with van der Waals surface area (Å²) in [6.45, 7) is 0. The molecular formula is C12H14ClN3. The van der Waals surface area contributed by atoms with Crippen LogP contribution in [0.1, 0.15) is 24.8 Å². The van der Waals surface area contributed by atoms with Crippen LogP contribution in [0.25, 0.3) is 0 Å². The Bertz CT molecular complexity index is 425. The average molecular weight is 236 g/mol. The van der Waals surface area contributed by atoms with Crippen LogP contribution in [0.2, 0.25) is 5.02 Å². The number of anilines is 1. The number of rotatable bonds is 2. The Morgan fingerprint density at radius 3 is 2.88 bits per heavy atom. The van der Waals surface area contributed by atoms with Gasteiger partial charge in [0.1, 0.15) is 0 Å². The Hall–Kier alpha value is -1.24. The van der Waals surface area contributed by atoms with E-state index in [9.17, 15) is 0 Å². The number of nitrogens with one attached hydrogen (secondary N) is 1. The highest BCUT2D eigenvalue weighted by Crippen LogP contribution is 2.27. The van der Waals surface area contributed by atoms with Crippen molar-refractivity contribution in [1.82, 2.24) is 0 Å². The zero-order valence-corrected chi connectivity index (χ0v) is 9.67. The summed E-state index contributed by atoms with van der Waals surface area (Å²) in [5, 5.41) is 12.8. The summed E-state index contributed by atoms with van der Waals surface area (Å²) in [7, 11) is 0. The summed E-state index contributed by atoms with van der Waals surface area (Å²) in [6.07, 6.45) is 3.08. The van der Waals surface area contributed by atoms with Crippen molar-refractivity contribution in [1.29, 1.82) is 5.26 Å². The topological polar surface area (TPSA) is 61.8 Å². The number of halogens is 1. The maximum absolute atomic E-state index is 8.81. The number of hydrogen-bond donors (Lipinski definition) is 2. The molecule has 1 aliphatic rings. The molecule has 4 heteroatoms. The molecule has 84 valence electrons. The van der Waals surface area contributed by atoms with Crippen LogP contribution in [-0.4, -0.2) is 12.1 Å². The van der Waals surface area contributed by atoms with Crippen molar-refractivity contribution in [3.63, 3.8) is 0 Å². The lowest BCUT2D eigenvalue weighted by atomic mass is 10.2. The molecular weight excluding hydrogens is 222 g/mol. The zero-order chi connectivity index (χ0) is 11.5. The molecule has 0 radical (unpaired) electrons. The highest BCUT2D eigenvalue weighted by atomic mass is 35.5. The molecule has 3 nitrogen and oxygen atoms in total. The first kappa shape index (κ1) is 11.3. The molecule has 0 aliphatic heterocycles. The van der Waals surface area contributed by atoms with E-state index >= 15 is 0 Å². The van der Waals surface area contributed by atoms with E-state index in [1.807, 2.05) is 0 Å².